The first kappa shape index (κ1) is 18.3. The highest BCUT2D eigenvalue weighted by molar-refractivity contribution is 6.04. The standard InChI is InChI=1S/C25H21N3O2/c1-25(20-10-6-3-7-11-20)23(19-12-14-21(15-13-19)28(29)30)27-17-16-22(26-24(25)27)18-8-4-2-5-9-18/h2-16,23H,17H2,1H3/t23-,25-/m1/s1. The van der Waals surface area contributed by atoms with Crippen LogP contribution < -0.4 is 0 Å². The van der Waals surface area contributed by atoms with Crippen molar-refractivity contribution >= 4 is 17.2 Å². The number of nitro benzene ring substituents is 1. The van der Waals surface area contributed by atoms with Gasteiger partial charge in [-0.15, -0.1) is 0 Å². The second-order valence-electron chi connectivity index (χ2n) is 7.86. The summed E-state index contributed by atoms with van der Waals surface area (Å²) in [7, 11) is 0. The molecular formula is C25H21N3O2. The third-order valence-electron chi connectivity index (χ3n) is 6.17. The van der Waals surface area contributed by atoms with Crippen LogP contribution in [0.1, 0.15) is 29.7 Å². The molecule has 1 saturated heterocycles. The molecule has 3 aromatic rings. The van der Waals surface area contributed by atoms with E-state index in [0.29, 0.717) is 0 Å². The molecule has 0 N–H and O–H groups in total. The zero-order valence-corrected chi connectivity index (χ0v) is 16.6. The number of fused-ring (bicyclic) bond motifs is 1. The molecule has 3 aromatic carbocycles. The van der Waals surface area contributed by atoms with Crippen molar-refractivity contribution in [3.05, 3.63) is 118 Å². The maximum Gasteiger partial charge on any atom is 0.269 e. The van der Waals surface area contributed by atoms with Crippen LogP contribution in [0, 0.1) is 10.1 Å². The van der Waals surface area contributed by atoms with Gasteiger partial charge in [-0.25, -0.2) is 4.99 Å². The molecule has 2 aliphatic heterocycles. The molecule has 0 amide bonds. The van der Waals surface area contributed by atoms with E-state index in [1.54, 1.807) is 12.1 Å². The van der Waals surface area contributed by atoms with Gasteiger partial charge in [-0.05, 0) is 29.7 Å². The smallest absolute Gasteiger partial charge is 0.269 e. The fourth-order valence-electron chi connectivity index (χ4n) is 4.66. The molecule has 5 rings (SSSR count). The van der Waals surface area contributed by atoms with E-state index in [-0.39, 0.29) is 22.1 Å². The fourth-order valence-corrected chi connectivity index (χ4v) is 4.66. The molecule has 0 unspecified atom stereocenters. The van der Waals surface area contributed by atoms with Gasteiger partial charge < -0.3 is 4.90 Å². The minimum absolute atomic E-state index is 0.0630. The van der Waals surface area contributed by atoms with E-state index in [1.807, 2.05) is 48.5 Å². The summed E-state index contributed by atoms with van der Waals surface area (Å²) >= 11 is 0. The summed E-state index contributed by atoms with van der Waals surface area (Å²) in [4.78, 5) is 18.1. The Kier molecular flexibility index (Phi) is 4.24. The lowest BCUT2D eigenvalue weighted by atomic mass is 9.64. The summed E-state index contributed by atoms with van der Waals surface area (Å²) in [6, 6.07) is 27.6. The lowest BCUT2D eigenvalue weighted by molar-refractivity contribution is -0.384. The monoisotopic (exact) mass is 395 g/mol. The lowest BCUT2D eigenvalue weighted by Crippen LogP contribution is -2.65. The summed E-state index contributed by atoms with van der Waals surface area (Å²) in [5, 5.41) is 11.1. The average molecular weight is 395 g/mol. The normalized spacial score (nSPS) is 22.4. The molecule has 5 nitrogen and oxygen atoms in total. The van der Waals surface area contributed by atoms with E-state index in [0.717, 1.165) is 29.2 Å². The van der Waals surface area contributed by atoms with Crippen LogP contribution >= 0.6 is 0 Å². The van der Waals surface area contributed by atoms with Gasteiger partial charge >= 0.3 is 0 Å². The number of aliphatic imine (C=N–C) groups is 1. The number of nitrogens with zero attached hydrogens (tertiary/aromatic N) is 3. The molecule has 30 heavy (non-hydrogen) atoms. The fraction of sp³-hybridized carbons (Fsp3) is 0.160. The number of rotatable bonds is 4. The maximum absolute atomic E-state index is 11.1. The highest BCUT2D eigenvalue weighted by Crippen LogP contribution is 2.53. The quantitative estimate of drug-likeness (QED) is 0.441. The molecule has 2 aliphatic rings. The molecule has 0 aromatic heterocycles. The van der Waals surface area contributed by atoms with E-state index >= 15 is 0 Å². The van der Waals surface area contributed by atoms with Crippen LogP contribution in [-0.2, 0) is 5.41 Å². The molecule has 148 valence electrons. The van der Waals surface area contributed by atoms with Gasteiger partial charge in [0.2, 0.25) is 0 Å². The van der Waals surface area contributed by atoms with Crippen molar-refractivity contribution in [1.82, 2.24) is 4.90 Å². The maximum atomic E-state index is 11.1. The van der Waals surface area contributed by atoms with Crippen molar-refractivity contribution in [2.24, 2.45) is 4.99 Å². The molecule has 0 bridgehead atoms. The molecule has 2 heterocycles. The van der Waals surface area contributed by atoms with Gasteiger partial charge in [0.15, 0.2) is 0 Å². The third-order valence-corrected chi connectivity index (χ3v) is 6.17. The Morgan fingerprint density at radius 3 is 2.23 bits per heavy atom. The Hall–Kier alpha value is -3.73. The Bertz CT molecular complexity index is 1150. The van der Waals surface area contributed by atoms with E-state index in [2.05, 4.69) is 42.2 Å². The highest BCUT2D eigenvalue weighted by Gasteiger charge is 2.57. The summed E-state index contributed by atoms with van der Waals surface area (Å²) in [6.45, 7) is 2.98. The Morgan fingerprint density at radius 1 is 0.967 bits per heavy atom. The lowest BCUT2D eigenvalue weighted by Gasteiger charge is -2.59. The number of nitro groups is 1. The predicted molar refractivity (Wildman–Crippen MR) is 118 cm³/mol. The topological polar surface area (TPSA) is 58.7 Å². The Balaban J connectivity index is 1.59. The predicted octanol–water partition coefficient (Wildman–Crippen LogP) is 5.36. The van der Waals surface area contributed by atoms with Crippen LogP contribution in [0.25, 0.3) is 5.70 Å². The van der Waals surface area contributed by atoms with Crippen molar-refractivity contribution in [3.63, 3.8) is 0 Å². The molecule has 2 atom stereocenters. The second kappa shape index (κ2) is 6.95. The largest absolute Gasteiger partial charge is 0.347 e. The SMILES string of the molecule is C[C@]1(c2ccccc2)C2=NC(c3ccccc3)=CCN2[C@@H]1c1ccc([N+](=O)[O-])cc1. The van der Waals surface area contributed by atoms with Crippen LogP contribution in [0.15, 0.2) is 96.0 Å². The first-order valence-corrected chi connectivity index (χ1v) is 10.0. The minimum atomic E-state index is -0.358. The van der Waals surface area contributed by atoms with Crippen molar-refractivity contribution in [3.8, 4) is 0 Å². The van der Waals surface area contributed by atoms with Crippen molar-refractivity contribution in [1.29, 1.82) is 0 Å². The van der Waals surface area contributed by atoms with E-state index < -0.39 is 0 Å². The molecule has 0 radical (unpaired) electrons. The van der Waals surface area contributed by atoms with E-state index in [1.165, 1.54) is 5.56 Å². The van der Waals surface area contributed by atoms with Crippen LogP contribution in [0.3, 0.4) is 0 Å². The molecular weight excluding hydrogens is 374 g/mol. The molecule has 0 saturated carbocycles. The molecule has 5 heteroatoms. The van der Waals surface area contributed by atoms with E-state index in [9.17, 15) is 10.1 Å². The van der Waals surface area contributed by atoms with Crippen molar-refractivity contribution < 1.29 is 4.92 Å². The summed E-state index contributed by atoms with van der Waals surface area (Å²) < 4.78 is 0. The van der Waals surface area contributed by atoms with Gasteiger partial charge in [0.1, 0.15) is 5.84 Å². The molecule has 0 aliphatic carbocycles. The van der Waals surface area contributed by atoms with Gasteiger partial charge in [-0.1, -0.05) is 72.8 Å². The van der Waals surface area contributed by atoms with Gasteiger partial charge in [0.05, 0.1) is 22.1 Å². The average Bonchev–Trinajstić information content (AvgIpc) is 2.80. The second-order valence-corrected chi connectivity index (χ2v) is 7.86. The number of hydrogen-bond acceptors (Lipinski definition) is 4. The van der Waals surface area contributed by atoms with Gasteiger partial charge in [-0.3, -0.25) is 10.1 Å². The Labute approximate surface area is 175 Å². The van der Waals surface area contributed by atoms with E-state index in [4.69, 9.17) is 4.99 Å². The van der Waals surface area contributed by atoms with Crippen molar-refractivity contribution in [2.45, 2.75) is 18.4 Å². The number of non-ortho nitro benzene ring substituents is 1. The number of hydrogen-bond donors (Lipinski definition) is 0. The first-order valence-electron chi connectivity index (χ1n) is 10.0. The summed E-state index contributed by atoms with van der Waals surface area (Å²) in [6.07, 6.45) is 2.15. The van der Waals surface area contributed by atoms with Crippen LogP contribution in [-0.4, -0.2) is 22.2 Å². The zero-order valence-electron chi connectivity index (χ0n) is 16.6. The van der Waals surface area contributed by atoms with Gasteiger partial charge in [0, 0.05) is 18.7 Å². The first-order chi connectivity index (χ1) is 14.6. The number of amidine groups is 1. The number of benzene rings is 3. The van der Waals surface area contributed by atoms with Gasteiger partial charge in [0.25, 0.3) is 5.69 Å². The minimum Gasteiger partial charge on any atom is -0.347 e. The summed E-state index contributed by atoms with van der Waals surface area (Å²) in [5.41, 5.74) is 4.15. The highest BCUT2D eigenvalue weighted by atomic mass is 16.6. The van der Waals surface area contributed by atoms with Crippen molar-refractivity contribution in [2.75, 3.05) is 6.54 Å². The molecule has 1 fully saturated rings. The van der Waals surface area contributed by atoms with Crippen LogP contribution in [0.2, 0.25) is 0 Å². The van der Waals surface area contributed by atoms with Crippen LogP contribution in [0.4, 0.5) is 5.69 Å². The summed E-state index contributed by atoms with van der Waals surface area (Å²) in [5.74, 6) is 1.04. The van der Waals surface area contributed by atoms with Crippen LogP contribution in [0.5, 0.6) is 0 Å². The zero-order chi connectivity index (χ0) is 20.7. The third kappa shape index (κ3) is 2.74. The molecule has 0 spiro atoms. The Morgan fingerprint density at radius 2 is 1.60 bits per heavy atom. The van der Waals surface area contributed by atoms with Gasteiger partial charge in [-0.2, -0.15) is 0 Å².